The number of nitrogens with zero attached hydrogens (tertiary/aromatic N) is 1. The van der Waals surface area contributed by atoms with E-state index in [2.05, 4.69) is 13.8 Å². The Labute approximate surface area is 151 Å². The second kappa shape index (κ2) is 8.93. The largest absolute Gasteiger partial charge is 0.328 e. The molecule has 0 saturated carbocycles. The minimum absolute atomic E-state index is 0.0165. The van der Waals surface area contributed by atoms with Gasteiger partial charge >= 0.3 is 0 Å². The second-order valence-electron chi connectivity index (χ2n) is 7.80. The van der Waals surface area contributed by atoms with Crippen molar-refractivity contribution < 1.29 is 14.4 Å². The summed E-state index contributed by atoms with van der Waals surface area (Å²) in [5, 5.41) is 0. The lowest BCUT2D eigenvalue weighted by molar-refractivity contribution is -0.121. The van der Waals surface area contributed by atoms with Crippen molar-refractivity contribution in [1.82, 2.24) is 4.90 Å². The van der Waals surface area contributed by atoms with Gasteiger partial charge in [0.15, 0.2) is 5.78 Å². The number of rotatable bonds is 9. The Bertz CT molecular complexity index is 607. The van der Waals surface area contributed by atoms with E-state index in [1.165, 1.54) is 6.92 Å². The van der Waals surface area contributed by atoms with E-state index in [0.717, 1.165) is 12.8 Å². The Hall–Kier alpha value is -1.97. The van der Waals surface area contributed by atoms with E-state index in [0.29, 0.717) is 12.1 Å². The van der Waals surface area contributed by atoms with Gasteiger partial charge in [-0.15, -0.1) is 0 Å². The van der Waals surface area contributed by atoms with Crippen LogP contribution in [0.4, 0.5) is 0 Å². The third-order valence-corrected chi connectivity index (χ3v) is 4.88. The maximum absolute atomic E-state index is 12.9. The Morgan fingerprint density at radius 2 is 1.56 bits per heavy atom. The molecule has 4 nitrogen and oxygen atoms in total. The summed E-state index contributed by atoms with van der Waals surface area (Å²) in [5.41, 5.74) is 0.404. The van der Waals surface area contributed by atoms with Crippen LogP contribution in [0.25, 0.3) is 0 Å². The van der Waals surface area contributed by atoms with E-state index in [4.69, 9.17) is 0 Å². The van der Waals surface area contributed by atoms with E-state index in [9.17, 15) is 14.4 Å². The van der Waals surface area contributed by atoms with Gasteiger partial charge in [0.1, 0.15) is 5.78 Å². The molecule has 0 aliphatic rings. The SMILES string of the molecule is CC(=O)[C@@H](C)N(CC(C)(C)CC[C@H](C)C(C)=O)C(=O)c1ccccc1. The molecule has 1 aromatic carbocycles. The van der Waals surface area contributed by atoms with Gasteiger partial charge < -0.3 is 4.90 Å². The third kappa shape index (κ3) is 6.45. The van der Waals surface area contributed by atoms with Crippen LogP contribution in [0, 0.1) is 11.3 Å². The molecule has 0 fully saturated rings. The molecule has 25 heavy (non-hydrogen) atoms. The lowest BCUT2D eigenvalue weighted by Crippen LogP contribution is -2.47. The van der Waals surface area contributed by atoms with Crippen molar-refractivity contribution in [1.29, 1.82) is 0 Å². The monoisotopic (exact) mass is 345 g/mol. The molecular formula is C21H31NO3. The second-order valence-corrected chi connectivity index (χ2v) is 7.80. The van der Waals surface area contributed by atoms with Crippen LogP contribution in [0.2, 0.25) is 0 Å². The zero-order chi connectivity index (χ0) is 19.2. The summed E-state index contributed by atoms with van der Waals surface area (Å²) in [6.45, 7) is 11.5. The lowest BCUT2D eigenvalue weighted by atomic mass is 9.83. The molecule has 0 spiro atoms. The standard InChI is InChI=1S/C21H31NO3/c1-15(17(3)23)12-13-21(5,6)14-22(16(2)18(4)24)20(25)19-10-8-7-9-11-19/h7-11,15-16H,12-14H2,1-6H3/t15-,16+/m0/s1. The summed E-state index contributed by atoms with van der Waals surface area (Å²) in [5.74, 6) is 0.0427. The van der Waals surface area contributed by atoms with Crippen molar-refractivity contribution in [3.05, 3.63) is 35.9 Å². The Morgan fingerprint density at radius 1 is 1.00 bits per heavy atom. The van der Waals surface area contributed by atoms with Crippen LogP contribution >= 0.6 is 0 Å². The first-order valence-electron chi connectivity index (χ1n) is 8.92. The Kier molecular flexibility index (Phi) is 7.53. The molecule has 0 unspecified atom stereocenters. The number of amides is 1. The molecule has 1 rings (SSSR count). The Morgan fingerprint density at radius 3 is 2.04 bits per heavy atom. The first kappa shape index (κ1) is 21.1. The van der Waals surface area contributed by atoms with Crippen LogP contribution in [0.3, 0.4) is 0 Å². The fourth-order valence-electron chi connectivity index (χ4n) is 2.70. The number of Topliss-reactive ketones (excluding diaryl/α,β-unsaturated/α-hetero) is 2. The van der Waals surface area contributed by atoms with Gasteiger partial charge in [-0.05, 0) is 51.2 Å². The van der Waals surface area contributed by atoms with Crippen LogP contribution in [-0.2, 0) is 9.59 Å². The van der Waals surface area contributed by atoms with Crippen molar-refractivity contribution in [2.75, 3.05) is 6.54 Å². The maximum Gasteiger partial charge on any atom is 0.254 e. The van der Waals surface area contributed by atoms with Crippen LogP contribution in [0.1, 0.15) is 64.7 Å². The summed E-state index contributed by atoms with van der Waals surface area (Å²) < 4.78 is 0. The van der Waals surface area contributed by atoms with E-state index >= 15 is 0 Å². The number of carbonyl (C=O) groups excluding carboxylic acids is 3. The van der Waals surface area contributed by atoms with Gasteiger partial charge in [-0.25, -0.2) is 0 Å². The topological polar surface area (TPSA) is 54.5 Å². The van der Waals surface area contributed by atoms with Crippen LogP contribution in [0.15, 0.2) is 30.3 Å². The fourth-order valence-corrected chi connectivity index (χ4v) is 2.70. The number of hydrogen-bond donors (Lipinski definition) is 0. The number of carbonyl (C=O) groups is 3. The van der Waals surface area contributed by atoms with E-state index in [1.54, 1.807) is 30.9 Å². The number of benzene rings is 1. The van der Waals surface area contributed by atoms with Gasteiger partial charge in [0.05, 0.1) is 6.04 Å². The molecule has 0 heterocycles. The molecule has 138 valence electrons. The summed E-state index contributed by atoms with van der Waals surface area (Å²) >= 11 is 0. The highest BCUT2D eigenvalue weighted by atomic mass is 16.2. The van der Waals surface area contributed by atoms with Crippen molar-refractivity contribution in [2.45, 2.75) is 60.4 Å². The zero-order valence-corrected chi connectivity index (χ0v) is 16.3. The molecule has 0 radical (unpaired) electrons. The molecule has 0 N–H and O–H groups in total. The molecule has 0 aliphatic carbocycles. The van der Waals surface area contributed by atoms with Crippen molar-refractivity contribution in [3.63, 3.8) is 0 Å². The first-order chi connectivity index (χ1) is 11.5. The summed E-state index contributed by atoms with van der Waals surface area (Å²) in [4.78, 5) is 38.0. The minimum Gasteiger partial charge on any atom is -0.328 e. The van der Waals surface area contributed by atoms with Gasteiger partial charge in [0.25, 0.3) is 5.91 Å². The summed E-state index contributed by atoms with van der Waals surface area (Å²) in [7, 11) is 0. The molecule has 1 aromatic rings. The van der Waals surface area contributed by atoms with Crippen LogP contribution < -0.4 is 0 Å². The molecule has 0 saturated heterocycles. The number of hydrogen-bond acceptors (Lipinski definition) is 3. The normalized spacial score (nSPS) is 13.8. The average Bonchev–Trinajstić information content (AvgIpc) is 2.57. The van der Waals surface area contributed by atoms with Crippen molar-refractivity contribution in [3.8, 4) is 0 Å². The molecule has 0 bridgehead atoms. The van der Waals surface area contributed by atoms with Crippen molar-refractivity contribution in [2.24, 2.45) is 11.3 Å². The molecular weight excluding hydrogens is 314 g/mol. The van der Waals surface area contributed by atoms with Gasteiger partial charge in [0, 0.05) is 18.0 Å². The third-order valence-electron chi connectivity index (χ3n) is 4.88. The fraction of sp³-hybridized carbons (Fsp3) is 0.571. The van der Waals surface area contributed by atoms with E-state index < -0.39 is 6.04 Å². The number of ketones is 2. The highest BCUT2D eigenvalue weighted by Crippen LogP contribution is 2.28. The zero-order valence-electron chi connectivity index (χ0n) is 16.3. The van der Waals surface area contributed by atoms with Crippen molar-refractivity contribution >= 4 is 17.5 Å². The van der Waals surface area contributed by atoms with E-state index in [-0.39, 0.29) is 28.8 Å². The molecule has 1 amide bonds. The summed E-state index contributed by atoms with van der Waals surface area (Å²) in [6.07, 6.45) is 1.60. The van der Waals surface area contributed by atoms with Gasteiger partial charge in [-0.1, -0.05) is 39.0 Å². The highest BCUT2D eigenvalue weighted by molar-refractivity contribution is 5.97. The Balaban J connectivity index is 2.95. The maximum atomic E-state index is 12.9. The average molecular weight is 345 g/mol. The quantitative estimate of drug-likeness (QED) is 0.676. The predicted octanol–water partition coefficient (Wildman–Crippen LogP) is 4.14. The van der Waals surface area contributed by atoms with Gasteiger partial charge in [0.2, 0.25) is 0 Å². The smallest absolute Gasteiger partial charge is 0.254 e. The highest BCUT2D eigenvalue weighted by Gasteiger charge is 2.31. The van der Waals surface area contributed by atoms with Crippen LogP contribution in [0.5, 0.6) is 0 Å². The minimum atomic E-state index is -0.475. The first-order valence-corrected chi connectivity index (χ1v) is 8.92. The van der Waals surface area contributed by atoms with Gasteiger partial charge in [-0.2, -0.15) is 0 Å². The molecule has 4 heteroatoms. The van der Waals surface area contributed by atoms with E-state index in [1.807, 2.05) is 25.1 Å². The molecule has 2 atom stereocenters. The predicted molar refractivity (Wildman–Crippen MR) is 100 cm³/mol. The van der Waals surface area contributed by atoms with Crippen LogP contribution in [-0.4, -0.2) is 35.0 Å². The van der Waals surface area contributed by atoms with Gasteiger partial charge in [-0.3, -0.25) is 14.4 Å². The molecule has 0 aromatic heterocycles. The molecule has 0 aliphatic heterocycles. The summed E-state index contributed by atoms with van der Waals surface area (Å²) in [6, 6.07) is 8.58. The lowest BCUT2D eigenvalue weighted by Gasteiger charge is -2.36.